The first-order valence-corrected chi connectivity index (χ1v) is 12.5. The molecule has 2 atom stereocenters. The molecular formula is C27H27Cl2N3O6. The summed E-state index contributed by atoms with van der Waals surface area (Å²) in [6.07, 6.45) is 0.777. The summed E-state index contributed by atoms with van der Waals surface area (Å²) in [4.78, 5) is 36.5. The molecule has 0 unspecified atom stereocenters. The van der Waals surface area contributed by atoms with Gasteiger partial charge in [-0.25, -0.2) is 10.2 Å². The highest BCUT2D eigenvalue weighted by Crippen LogP contribution is 2.28. The van der Waals surface area contributed by atoms with E-state index in [1.807, 2.05) is 13.8 Å². The molecule has 2 amide bonds. The highest BCUT2D eigenvalue weighted by Gasteiger charge is 2.25. The number of furan rings is 1. The van der Waals surface area contributed by atoms with Gasteiger partial charge in [0.25, 0.3) is 11.8 Å². The number of carboxylic acid groups (broad SMARTS) is 1. The lowest BCUT2D eigenvalue weighted by Gasteiger charge is -2.22. The van der Waals surface area contributed by atoms with Crippen molar-refractivity contribution in [1.82, 2.24) is 10.7 Å². The van der Waals surface area contributed by atoms with Crippen LogP contribution in [0.2, 0.25) is 10.0 Å². The van der Waals surface area contributed by atoms with Crippen LogP contribution >= 0.6 is 23.2 Å². The van der Waals surface area contributed by atoms with Gasteiger partial charge < -0.3 is 19.6 Å². The molecule has 9 nitrogen and oxygen atoms in total. The molecule has 3 aromatic rings. The Morgan fingerprint density at radius 1 is 1.03 bits per heavy atom. The van der Waals surface area contributed by atoms with Gasteiger partial charge in [-0.3, -0.25) is 9.59 Å². The number of amides is 2. The molecule has 0 saturated carbocycles. The maximum atomic E-state index is 12.8. The molecule has 0 aliphatic rings. The molecule has 200 valence electrons. The van der Waals surface area contributed by atoms with Crippen LogP contribution in [0, 0.1) is 5.92 Å². The van der Waals surface area contributed by atoms with Gasteiger partial charge in [0.1, 0.15) is 23.3 Å². The van der Waals surface area contributed by atoms with Crippen molar-refractivity contribution in [2.24, 2.45) is 11.0 Å². The first kappa shape index (κ1) is 28.7. The number of benzene rings is 2. The van der Waals surface area contributed by atoms with Gasteiger partial charge >= 0.3 is 5.97 Å². The lowest BCUT2D eigenvalue weighted by molar-refractivity contribution is -0.132. The zero-order valence-corrected chi connectivity index (χ0v) is 22.4. The number of halogens is 2. The van der Waals surface area contributed by atoms with Gasteiger partial charge in [-0.05, 0) is 61.7 Å². The predicted octanol–water partition coefficient (Wildman–Crippen LogP) is 5.40. The Bertz CT molecular complexity index is 1320. The molecule has 38 heavy (non-hydrogen) atoms. The van der Waals surface area contributed by atoms with Crippen molar-refractivity contribution in [2.45, 2.75) is 39.3 Å². The van der Waals surface area contributed by atoms with E-state index in [2.05, 4.69) is 15.8 Å². The zero-order chi connectivity index (χ0) is 27.8. The van der Waals surface area contributed by atoms with Crippen LogP contribution in [0.3, 0.4) is 0 Å². The lowest BCUT2D eigenvalue weighted by Crippen LogP contribution is -2.49. The van der Waals surface area contributed by atoms with Gasteiger partial charge in [-0.15, -0.1) is 0 Å². The second kappa shape index (κ2) is 13.1. The molecule has 0 bridgehead atoms. The van der Waals surface area contributed by atoms with Crippen LogP contribution < -0.4 is 15.5 Å². The molecule has 1 aromatic heterocycles. The van der Waals surface area contributed by atoms with Gasteiger partial charge in [0, 0.05) is 10.6 Å². The molecule has 11 heteroatoms. The van der Waals surface area contributed by atoms with Crippen molar-refractivity contribution in [2.75, 3.05) is 0 Å². The highest BCUT2D eigenvalue weighted by atomic mass is 35.5. The van der Waals surface area contributed by atoms with Crippen LogP contribution in [0.4, 0.5) is 0 Å². The molecule has 0 spiro atoms. The minimum absolute atomic E-state index is 0.108. The fourth-order valence-electron chi connectivity index (χ4n) is 3.40. The summed E-state index contributed by atoms with van der Waals surface area (Å²) in [5.74, 6) is -0.731. The fourth-order valence-corrected chi connectivity index (χ4v) is 3.85. The van der Waals surface area contributed by atoms with Gasteiger partial charge in [0.2, 0.25) is 0 Å². The van der Waals surface area contributed by atoms with Crippen molar-refractivity contribution < 1.29 is 28.6 Å². The summed E-state index contributed by atoms with van der Waals surface area (Å²) in [6.45, 7) is 5.40. The Morgan fingerprint density at radius 3 is 2.37 bits per heavy atom. The SMILES string of the molecule is CC(C)C[C@@H](NC(=O)[C@H](C)Oc1ccc(Cl)cc1Cl)C(=O)N/N=C\c1ccc(-c2ccc(C(=O)O)cc2)o1. The summed E-state index contributed by atoms with van der Waals surface area (Å²) >= 11 is 12.0. The molecule has 1 heterocycles. The van der Waals surface area contributed by atoms with E-state index >= 15 is 0 Å². The number of nitrogens with zero attached hydrogens (tertiary/aromatic N) is 1. The zero-order valence-electron chi connectivity index (χ0n) is 20.9. The second-order valence-corrected chi connectivity index (χ2v) is 9.69. The Hall–Kier alpha value is -3.82. The Kier molecular flexibility index (Phi) is 9.92. The molecule has 0 radical (unpaired) electrons. The van der Waals surface area contributed by atoms with E-state index < -0.39 is 29.9 Å². The average Bonchev–Trinajstić information content (AvgIpc) is 3.33. The van der Waals surface area contributed by atoms with Crippen molar-refractivity contribution in [3.8, 4) is 17.1 Å². The first-order chi connectivity index (χ1) is 18.0. The summed E-state index contributed by atoms with van der Waals surface area (Å²) in [7, 11) is 0. The summed E-state index contributed by atoms with van der Waals surface area (Å²) in [5, 5.41) is 16.4. The lowest BCUT2D eigenvalue weighted by atomic mass is 10.0. The van der Waals surface area contributed by atoms with E-state index in [-0.39, 0.29) is 16.5 Å². The van der Waals surface area contributed by atoms with E-state index in [9.17, 15) is 14.4 Å². The second-order valence-electron chi connectivity index (χ2n) is 8.84. The highest BCUT2D eigenvalue weighted by molar-refractivity contribution is 6.35. The topological polar surface area (TPSA) is 130 Å². The largest absolute Gasteiger partial charge is 0.479 e. The number of carbonyl (C=O) groups is 3. The fraction of sp³-hybridized carbons (Fsp3) is 0.259. The quantitative estimate of drug-likeness (QED) is 0.213. The third-order valence-corrected chi connectivity index (χ3v) is 5.85. The summed E-state index contributed by atoms with van der Waals surface area (Å²) < 4.78 is 11.3. The van der Waals surface area contributed by atoms with Gasteiger partial charge in [-0.2, -0.15) is 5.10 Å². The van der Waals surface area contributed by atoms with Crippen molar-refractivity contribution in [3.05, 3.63) is 76.0 Å². The molecule has 2 aromatic carbocycles. The van der Waals surface area contributed by atoms with Crippen LogP contribution in [0.15, 0.2) is 64.1 Å². The average molecular weight is 560 g/mol. The van der Waals surface area contributed by atoms with Crippen molar-refractivity contribution in [1.29, 1.82) is 0 Å². The molecule has 3 N–H and O–H groups in total. The maximum Gasteiger partial charge on any atom is 0.335 e. The summed E-state index contributed by atoms with van der Waals surface area (Å²) in [5.41, 5.74) is 3.29. The predicted molar refractivity (Wildman–Crippen MR) is 145 cm³/mol. The number of hydrazone groups is 1. The number of rotatable bonds is 11. The van der Waals surface area contributed by atoms with Crippen LogP contribution in [-0.4, -0.2) is 41.3 Å². The number of nitrogens with one attached hydrogen (secondary N) is 2. The van der Waals surface area contributed by atoms with E-state index in [1.165, 1.54) is 24.4 Å². The van der Waals surface area contributed by atoms with E-state index in [0.717, 1.165) is 0 Å². The molecule has 0 aliphatic heterocycles. The molecule has 0 fully saturated rings. The van der Waals surface area contributed by atoms with Gasteiger partial charge in [-0.1, -0.05) is 49.2 Å². The number of carboxylic acids is 1. The standard InChI is InChI=1S/C27H27Cl2N3O6/c1-15(2)12-22(31-25(33)16(3)37-24-10-8-19(28)13-21(24)29)26(34)32-30-14-20-9-11-23(38-20)17-4-6-18(7-5-17)27(35)36/h4-11,13-16,22H,12H2,1-3H3,(H,31,33)(H,32,34)(H,35,36)/b30-14-/t16-,22+/m0/s1. The van der Waals surface area contributed by atoms with E-state index in [1.54, 1.807) is 43.3 Å². The molecule has 0 aliphatic carbocycles. The molecule has 0 saturated heterocycles. The van der Waals surface area contributed by atoms with Crippen molar-refractivity contribution >= 4 is 47.2 Å². The van der Waals surface area contributed by atoms with Crippen LogP contribution in [0.25, 0.3) is 11.3 Å². The number of hydrogen-bond acceptors (Lipinski definition) is 6. The minimum Gasteiger partial charge on any atom is -0.479 e. The van der Waals surface area contributed by atoms with E-state index in [4.69, 9.17) is 37.5 Å². The number of aromatic carboxylic acids is 1. The van der Waals surface area contributed by atoms with Gasteiger partial charge in [0.05, 0.1) is 16.8 Å². The third kappa shape index (κ3) is 8.09. The third-order valence-electron chi connectivity index (χ3n) is 5.32. The van der Waals surface area contributed by atoms with Crippen LogP contribution in [0.5, 0.6) is 5.75 Å². The molecule has 3 rings (SSSR count). The Balaban J connectivity index is 1.60. The number of ether oxygens (including phenoxy) is 1. The van der Waals surface area contributed by atoms with E-state index in [0.29, 0.717) is 34.3 Å². The first-order valence-electron chi connectivity index (χ1n) is 11.7. The normalized spacial score (nSPS) is 12.8. The molecular weight excluding hydrogens is 533 g/mol. The van der Waals surface area contributed by atoms with Crippen LogP contribution in [-0.2, 0) is 9.59 Å². The monoisotopic (exact) mass is 559 g/mol. The van der Waals surface area contributed by atoms with Crippen molar-refractivity contribution in [3.63, 3.8) is 0 Å². The number of hydrogen-bond donors (Lipinski definition) is 3. The number of carbonyl (C=O) groups excluding carboxylic acids is 2. The Labute approximate surface area is 229 Å². The smallest absolute Gasteiger partial charge is 0.335 e. The maximum absolute atomic E-state index is 12.8. The van der Waals surface area contributed by atoms with Gasteiger partial charge in [0.15, 0.2) is 6.10 Å². The Morgan fingerprint density at radius 2 is 1.74 bits per heavy atom. The van der Waals surface area contributed by atoms with Crippen LogP contribution in [0.1, 0.15) is 43.3 Å². The summed E-state index contributed by atoms with van der Waals surface area (Å²) in [6, 6.07) is 13.4. The minimum atomic E-state index is -1.01.